The Bertz CT molecular complexity index is 1490. The lowest BCUT2D eigenvalue weighted by atomic mass is 10.1. The lowest BCUT2D eigenvalue weighted by molar-refractivity contribution is -0.139. The van der Waals surface area contributed by atoms with Gasteiger partial charge in [-0.05, 0) is 49.4 Å². The molecular weight excluding hydrogens is 614 g/mol. The first-order chi connectivity index (χ1) is 18.7. The minimum atomic E-state index is -4.90. The van der Waals surface area contributed by atoms with Crippen LogP contribution in [0.2, 0.25) is 15.1 Å². The van der Waals surface area contributed by atoms with Gasteiger partial charge >= 0.3 is 6.18 Å². The maximum atomic E-state index is 13.7. The van der Waals surface area contributed by atoms with Crippen LogP contribution in [0.1, 0.15) is 18.1 Å². The van der Waals surface area contributed by atoms with Gasteiger partial charge in [0.05, 0.1) is 21.2 Å². The fraction of sp³-hybridized carbons (Fsp3) is 0.231. The largest absolute Gasteiger partial charge is 0.417 e. The third kappa shape index (κ3) is 7.01. The maximum absolute atomic E-state index is 13.7. The van der Waals surface area contributed by atoms with Gasteiger partial charge in [-0.3, -0.25) is 13.9 Å². The SMILES string of the molecule is CNC(=O)[C@@H](C)N(Cc1c(Cl)cccc1Cl)C(=O)CN(c1ccc(Cl)c(C(F)(F)F)c1)S(=O)(=O)c1ccccc1. The molecule has 2 amide bonds. The number of nitrogens with one attached hydrogen (secondary N) is 1. The second-order valence-electron chi connectivity index (χ2n) is 8.50. The van der Waals surface area contributed by atoms with Crippen LogP contribution in [0.5, 0.6) is 0 Å². The normalized spacial score (nSPS) is 12.5. The summed E-state index contributed by atoms with van der Waals surface area (Å²) in [5, 5.41) is 2.15. The summed E-state index contributed by atoms with van der Waals surface area (Å²) in [6, 6.07) is 12.9. The van der Waals surface area contributed by atoms with Crippen LogP contribution in [0.25, 0.3) is 0 Å². The first-order valence-corrected chi connectivity index (χ1v) is 14.1. The Morgan fingerprint density at radius 3 is 2.08 bits per heavy atom. The molecule has 14 heteroatoms. The molecule has 0 aromatic heterocycles. The lowest BCUT2D eigenvalue weighted by Gasteiger charge is -2.32. The minimum absolute atomic E-state index is 0.190. The fourth-order valence-electron chi connectivity index (χ4n) is 3.78. The van der Waals surface area contributed by atoms with Gasteiger partial charge in [0, 0.05) is 29.2 Å². The van der Waals surface area contributed by atoms with Crippen LogP contribution in [0.15, 0.2) is 71.6 Å². The molecule has 214 valence electrons. The number of benzene rings is 3. The van der Waals surface area contributed by atoms with Gasteiger partial charge in [-0.15, -0.1) is 0 Å². The molecule has 3 aromatic carbocycles. The molecule has 0 saturated carbocycles. The molecule has 0 unspecified atom stereocenters. The summed E-state index contributed by atoms with van der Waals surface area (Å²) < 4.78 is 68.9. The first-order valence-electron chi connectivity index (χ1n) is 11.6. The van der Waals surface area contributed by atoms with Crippen molar-refractivity contribution in [1.29, 1.82) is 0 Å². The quantitative estimate of drug-likeness (QED) is 0.311. The molecule has 0 radical (unpaired) electrons. The zero-order valence-corrected chi connectivity index (χ0v) is 24.1. The van der Waals surface area contributed by atoms with Crippen molar-refractivity contribution in [2.24, 2.45) is 0 Å². The van der Waals surface area contributed by atoms with E-state index in [0.29, 0.717) is 15.9 Å². The summed E-state index contributed by atoms with van der Waals surface area (Å²) in [4.78, 5) is 27.1. The summed E-state index contributed by atoms with van der Waals surface area (Å²) >= 11 is 18.3. The predicted molar refractivity (Wildman–Crippen MR) is 148 cm³/mol. The van der Waals surface area contributed by atoms with Crippen molar-refractivity contribution in [3.05, 3.63) is 92.9 Å². The molecular formula is C26H23Cl3F3N3O4S. The molecule has 40 heavy (non-hydrogen) atoms. The number of rotatable bonds is 9. The standard InChI is InChI=1S/C26H23Cl3F3N3O4S/c1-16(25(37)33-2)34(14-19-21(27)9-6-10-22(19)28)24(36)15-35(40(38,39)18-7-4-3-5-8-18)17-11-12-23(29)20(13-17)26(30,31)32/h3-13,16H,14-15H2,1-2H3,(H,33,37)/t16-/m1/s1. The van der Waals surface area contributed by atoms with Crippen LogP contribution < -0.4 is 9.62 Å². The smallest absolute Gasteiger partial charge is 0.357 e. The molecule has 7 nitrogen and oxygen atoms in total. The summed E-state index contributed by atoms with van der Waals surface area (Å²) in [7, 11) is -3.23. The summed E-state index contributed by atoms with van der Waals surface area (Å²) in [6.07, 6.45) is -4.90. The van der Waals surface area contributed by atoms with E-state index < -0.39 is 56.9 Å². The molecule has 0 saturated heterocycles. The second kappa shape index (κ2) is 12.7. The molecule has 1 atom stereocenters. The van der Waals surface area contributed by atoms with Crippen LogP contribution in [0.3, 0.4) is 0 Å². The topological polar surface area (TPSA) is 86.8 Å². The predicted octanol–water partition coefficient (Wildman–Crippen LogP) is 6.02. The summed E-state index contributed by atoms with van der Waals surface area (Å²) in [5.41, 5.74) is -1.46. The Morgan fingerprint density at radius 1 is 0.925 bits per heavy atom. The molecule has 3 aromatic rings. The molecule has 0 heterocycles. The molecule has 0 spiro atoms. The van der Waals surface area contributed by atoms with E-state index in [1.807, 2.05) is 0 Å². The summed E-state index contributed by atoms with van der Waals surface area (Å²) in [5.74, 6) is -1.49. The van der Waals surface area contributed by atoms with E-state index in [9.17, 15) is 31.2 Å². The highest BCUT2D eigenvalue weighted by atomic mass is 35.5. The van der Waals surface area contributed by atoms with Crippen LogP contribution >= 0.6 is 34.8 Å². The first kappa shape index (κ1) is 31.5. The van der Waals surface area contributed by atoms with E-state index in [1.165, 1.54) is 50.4 Å². The van der Waals surface area contributed by atoms with Crippen molar-refractivity contribution < 1.29 is 31.2 Å². The highest BCUT2D eigenvalue weighted by Crippen LogP contribution is 2.38. The van der Waals surface area contributed by atoms with E-state index in [4.69, 9.17) is 34.8 Å². The number of carbonyl (C=O) groups is 2. The van der Waals surface area contributed by atoms with Gasteiger partial charge < -0.3 is 10.2 Å². The van der Waals surface area contributed by atoms with Crippen LogP contribution in [-0.2, 0) is 32.3 Å². The molecule has 1 N–H and O–H groups in total. The third-order valence-electron chi connectivity index (χ3n) is 5.96. The van der Waals surface area contributed by atoms with Crippen molar-refractivity contribution in [3.63, 3.8) is 0 Å². The van der Waals surface area contributed by atoms with Gasteiger partial charge in [0.25, 0.3) is 10.0 Å². The van der Waals surface area contributed by atoms with Crippen molar-refractivity contribution in [2.45, 2.75) is 30.6 Å². The molecule has 0 aliphatic carbocycles. The van der Waals surface area contributed by atoms with Crippen molar-refractivity contribution in [2.75, 3.05) is 17.9 Å². The average molecular weight is 637 g/mol. The lowest BCUT2D eigenvalue weighted by Crippen LogP contribution is -2.50. The van der Waals surface area contributed by atoms with Crippen LogP contribution in [0, 0.1) is 0 Å². The molecule has 0 bridgehead atoms. The monoisotopic (exact) mass is 635 g/mol. The molecule has 3 rings (SSSR count). The number of carbonyl (C=O) groups excluding carboxylic acids is 2. The zero-order valence-electron chi connectivity index (χ0n) is 21.0. The average Bonchev–Trinajstić information content (AvgIpc) is 2.90. The molecule has 0 aliphatic heterocycles. The Balaban J connectivity index is 2.15. The number of likely N-dealkylation sites (N-methyl/N-ethyl adjacent to an activating group) is 1. The molecule has 0 fully saturated rings. The van der Waals surface area contributed by atoms with Crippen LogP contribution in [-0.4, -0.2) is 44.8 Å². The number of hydrogen-bond donors (Lipinski definition) is 1. The number of alkyl halides is 3. The fourth-order valence-corrected chi connectivity index (χ4v) is 5.95. The summed E-state index contributed by atoms with van der Waals surface area (Å²) in [6.45, 7) is 0.153. The van der Waals surface area contributed by atoms with Crippen LogP contribution in [0.4, 0.5) is 18.9 Å². The highest BCUT2D eigenvalue weighted by Gasteiger charge is 2.37. The number of nitrogens with zero attached hydrogens (tertiary/aromatic N) is 2. The van der Waals surface area contributed by atoms with E-state index in [2.05, 4.69) is 5.32 Å². The minimum Gasteiger partial charge on any atom is -0.357 e. The Hall–Kier alpha value is -2.99. The van der Waals surface area contributed by atoms with Crippen molar-refractivity contribution in [3.8, 4) is 0 Å². The van der Waals surface area contributed by atoms with E-state index in [1.54, 1.807) is 12.1 Å². The third-order valence-corrected chi connectivity index (χ3v) is 8.78. The number of hydrogen-bond acceptors (Lipinski definition) is 4. The Morgan fingerprint density at radius 2 is 1.52 bits per heavy atom. The Labute approximate surface area is 244 Å². The number of amides is 2. The zero-order chi connectivity index (χ0) is 29.8. The molecule has 0 aliphatic rings. The van der Waals surface area contributed by atoms with Gasteiger partial charge in [-0.1, -0.05) is 59.1 Å². The van der Waals surface area contributed by atoms with Gasteiger partial charge in [0.2, 0.25) is 11.8 Å². The van der Waals surface area contributed by atoms with E-state index in [0.717, 1.165) is 17.0 Å². The Kier molecular flexibility index (Phi) is 9.99. The van der Waals surface area contributed by atoms with Gasteiger partial charge in [0.1, 0.15) is 12.6 Å². The van der Waals surface area contributed by atoms with Crippen molar-refractivity contribution in [1.82, 2.24) is 10.2 Å². The van der Waals surface area contributed by atoms with Gasteiger partial charge in [-0.2, -0.15) is 13.2 Å². The van der Waals surface area contributed by atoms with E-state index in [-0.39, 0.29) is 21.5 Å². The maximum Gasteiger partial charge on any atom is 0.417 e. The highest BCUT2D eigenvalue weighted by molar-refractivity contribution is 7.92. The second-order valence-corrected chi connectivity index (χ2v) is 11.6. The van der Waals surface area contributed by atoms with Crippen molar-refractivity contribution >= 4 is 62.3 Å². The van der Waals surface area contributed by atoms with Gasteiger partial charge in [-0.25, -0.2) is 8.42 Å². The number of sulfonamides is 1. The number of halogens is 6. The van der Waals surface area contributed by atoms with Gasteiger partial charge in [0.15, 0.2) is 0 Å². The van der Waals surface area contributed by atoms with E-state index >= 15 is 0 Å². The number of anilines is 1.